The smallest absolute Gasteiger partial charge is 0.0463 e. The van der Waals surface area contributed by atoms with E-state index in [1.165, 1.54) is 40.7 Å². The van der Waals surface area contributed by atoms with Crippen LogP contribution in [0.5, 0.6) is 0 Å². The van der Waals surface area contributed by atoms with Gasteiger partial charge in [-0.05, 0) is 199 Å². The summed E-state index contributed by atoms with van der Waals surface area (Å²) < 4.78 is 1.14. The SMILES string of the molecule is CC(C)(C)c1ccc(Br)cc1.CC(C)(C)c1ccc(Nc2ccccc2-c2cc(-c3ccccc3Nc3ccc(C(C)(C)C)cc3)cc(-c3ccccc3Nc3ccc(C(C)(C)C)cc3)c2)cc1.Nc1ccccc1-c1cc(-c2ccccc2N)cc(C2CCCCC2N)c1. The first-order valence-corrected chi connectivity index (χ1v) is 34.5. The zero-order valence-corrected chi connectivity index (χ0v) is 59.4. The van der Waals surface area contributed by atoms with Crippen LogP contribution in [0.2, 0.25) is 0 Å². The molecule has 2 atom stereocenters. The minimum atomic E-state index is 0.0926. The van der Waals surface area contributed by atoms with Crippen LogP contribution in [-0.2, 0) is 21.7 Å². The van der Waals surface area contributed by atoms with Gasteiger partial charge in [0.25, 0.3) is 0 Å². The maximum Gasteiger partial charge on any atom is 0.0463 e. The Hall–Kier alpha value is -9.14. The summed E-state index contributed by atoms with van der Waals surface area (Å²) in [4.78, 5) is 0. The van der Waals surface area contributed by atoms with E-state index in [0.717, 1.165) is 118 Å². The van der Waals surface area contributed by atoms with Gasteiger partial charge in [0.15, 0.2) is 0 Å². The van der Waals surface area contributed by atoms with Crippen molar-refractivity contribution in [3.8, 4) is 55.6 Å². The Bertz CT molecular complexity index is 3990. The Kier molecular flexibility index (Phi) is 21.4. The number of nitrogen functional groups attached to an aromatic ring is 2. The summed E-state index contributed by atoms with van der Waals surface area (Å²) >= 11 is 3.41. The van der Waals surface area contributed by atoms with E-state index in [0.29, 0.717) is 5.92 Å². The standard InChI is InChI=1S/C54H57N3.C24H27N3.C10H13Br/c1-52(2,3)40-22-28-43(29-23-40)55-49-19-13-10-16-46(49)37-34-38(47-17-11-14-20-50(47)56-44-30-24-41(25-31-44)53(4,5)6)36-39(35-37)48-18-12-15-21-51(48)57-45-32-26-42(27-33-45)54(7,8)9;25-22-10-4-1-7-19(22)16-13-17(20-8-2-5-11-23(20)26)15-18(14-16)21-9-3-6-12-24(21)27;1-10(2,3)8-4-6-9(11)7-5-8/h10-36,55-57H,1-9H3;1-2,4-5,7-8,10-11,13-15,21,24H,3,6,9,12,25-27H2;4-7H,1-3H3. The predicted molar refractivity (Wildman–Crippen MR) is 416 cm³/mol. The average molecular weight is 1320 g/mol. The van der Waals surface area contributed by atoms with Crippen LogP contribution in [0.25, 0.3) is 55.6 Å². The van der Waals surface area contributed by atoms with E-state index in [-0.39, 0.29) is 27.7 Å². The van der Waals surface area contributed by atoms with Gasteiger partial charge in [-0.1, -0.05) is 264 Å². The van der Waals surface area contributed by atoms with Crippen LogP contribution in [0.3, 0.4) is 0 Å². The summed E-state index contributed by atoms with van der Waals surface area (Å²) in [5, 5.41) is 11.3. The summed E-state index contributed by atoms with van der Waals surface area (Å²) in [7, 11) is 0. The molecule has 486 valence electrons. The molecule has 7 heteroatoms. The van der Waals surface area contributed by atoms with Crippen molar-refractivity contribution >= 4 is 61.4 Å². The van der Waals surface area contributed by atoms with Crippen molar-refractivity contribution in [2.75, 3.05) is 27.4 Å². The molecule has 9 N–H and O–H groups in total. The Morgan fingerprint density at radius 2 is 0.579 bits per heavy atom. The number of hydrogen-bond donors (Lipinski definition) is 6. The minimum Gasteiger partial charge on any atom is -0.398 e. The molecule has 0 saturated heterocycles. The van der Waals surface area contributed by atoms with E-state index in [1.54, 1.807) is 0 Å². The summed E-state index contributed by atoms with van der Waals surface area (Å²) in [5.41, 5.74) is 45.3. The molecule has 1 saturated carbocycles. The molecule has 11 aromatic carbocycles. The van der Waals surface area contributed by atoms with E-state index in [1.807, 2.05) is 36.4 Å². The third-order valence-electron chi connectivity index (χ3n) is 18.2. The monoisotopic (exact) mass is 1320 g/mol. The Labute approximate surface area is 576 Å². The van der Waals surface area contributed by atoms with Gasteiger partial charge in [0.2, 0.25) is 0 Å². The van der Waals surface area contributed by atoms with Gasteiger partial charge in [-0.25, -0.2) is 0 Å². The third kappa shape index (κ3) is 17.8. The number of anilines is 8. The van der Waals surface area contributed by atoms with Crippen molar-refractivity contribution in [1.82, 2.24) is 0 Å². The number of para-hydroxylation sites is 5. The molecule has 1 aliphatic carbocycles. The normalized spacial score (nSPS) is 14.1. The lowest BCUT2D eigenvalue weighted by molar-refractivity contribution is 0.385. The van der Waals surface area contributed by atoms with Crippen LogP contribution in [0, 0.1) is 0 Å². The number of nitrogens with two attached hydrogens (primary N) is 3. The van der Waals surface area contributed by atoms with Crippen LogP contribution < -0.4 is 33.2 Å². The second-order valence-electron chi connectivity index (χ2n) is 29.6. The maximum absolute atomic E-state index is 6.50. The fraction of sp³-hybridized carbons (Fsp3) is 0.250. The van der Waals surface area contributed by atoms with Crippen LogP contribution in [0.15, 0.2) is 259 Å². The molecule has 0 heterocycles. The van der Waals surface area contributed by atoms with E-state index in [4.69, 9.17) is 17.2 Å². The lowest BCUT2D eigenvalue weighted by atomic mass is 9.79. The maximum atomic E-state index is 6.50. The van der Waals surface area contributed by atoms with Gasteiger partial charge < -0.3 is 33.2 Å². The van der Waals surface area contributed by atoms with Crippen LogP contribution in [0.1, 0.15) is 143 Å². The number of benzene rings is 11. The number of halogens is 1. The second-order valence-corrected chi connectivity index (χ2v) is 30.5. The highest BCUT2D eigenvalue weighted by Gasteiger charge is 2.26. The zero-order valence-electron chi connectivity index (χ0n) is 57.8. The van der Waals surface area contributed by atoms with Gasteiger partial charge in [-0.15, -0.1) is 0 Å². The van der Waals surface area contributed by atoms with Gasteiger partial charge >= 0.3 is 0 Å². The average Bonchev–Trinajstić information content (AvgIpc) is 0.851. The molecule has 12 rings (SSSR count). The molecule has 0 aliphatic heterocycles. The first-order valence-electron chi connectivity index (χ1n) is 33.7. The van der Waals surface area contributed by atoms with Gasteiger partial charge in [0, 0.05) is 83.8 Å². The van der Waals surface area contributed by atoms with Crippen molar-refractivity contribution in [2.45, 2.75) is 142 Å². The van der Waals surface area contributed by atoms with E-state index < -0.39 is 0 Å². The number of nitrogens with one attached hydrogen (secondary N) is 3. The summed E-state index contributed by atoms with van der Waals surface area (Å²) in [6, 6.07) is 90.8. The van der Waals surface area contributed by atoms with Gasteiger partial charge in [-0.3, -0.25) is 0 Å². The summed E-state index contributed by atoms with van der Waals surface area (Å²) in [6.45, 7) is 26.9. The fourth-order valence-electron chi connectivity index (χ4n) is 12.5. The molecule has 0 aromatic heterocycles. The van der Waals surface area contributed by atoms with Gasteiger partial charge in [0.05, 0.1) is 0 Å². The Morgan fingerprint density at radius 1 is 0.316 bits per heavy atom. The molecular weight excluding hydrogens is 1220 g/mol. The third-order valence-corrected chi connectivity index (χ3v) is 18.7. The predicted octanol–water partition coefficient (Wildman–Crippen LogP) is 24.7. The van der Waals surface area contributed by atoms with Crippen molar-refractivity contribution in [2.24, 2.45) is 5.73 Å². The summed E-state index contributed by atoms with van der Waals surface area (Å²) in [5.74, 6) is 0.382. The molecule has 0 spiro atoms. The zero-order chi connectivity index (χ0) is 67.7. The Balaban J connectivity index is 0.000000211. The molecule has 6 nitrogen and oxygen atoms in total. The molecule has 1 fully saturated rings. The fourth-order valence-corrected chi connectivity index (χ4v) is 12.7. The van der Waals surface area contributed by atoms with Crippen molar-refractivity contribution in [3.05, 3.63) is 287 Å². The van der Waals surface area contributed by atoms with Gasteiger partial charge in [-0.2, -0.15) is 0 Å². The van der Waals surface area contributed by atoms with E-state index in [9.17, 15) is 0 Å². The van der Waals surface area contributed by atoms with E-state index in [2.05, 4.69) is 333 Å². The molecule has 0 radical (unpaired) electrons. The lowest BCUT2D eigenvalue weighted by Crippen LogP contribution is -2.31. The minimum absolute atomic E-state index is 0.0926. The Morgan fingerprint density at radius 3 is 0.874 bits per heavy atom. The quantitative estimate of drug-likeness (QED) is 0.0680. The number of hydrogen-bond acceptors (Lipinski definition) is 6. The largest absolute Gasteiger partial charge is 0.398 e. The molecule has 1 aliphatic rings. The van der Waals surface area contributed by atoms with Gasteiger partial charge in [0.1, 0.15) is 0 Å². The second kappa shape index (κ2) is 29.7. The van der Waals surface area contributed by atoms with Crippen LogP contribution in [-0.4, -0.2) is 6.04 Å². The highest BCUT2D eigenvalue weighted by Crippen LogP contribution is 2.44. The van der Waals surface area contributed by atoms with Crippen molar-refractivity contribution in [3.63, 3.8) is 0 Å². The van der Waals surface area contributed by atoms with Crippen LogP contribution >= 0.6 is 15.9 Å². The topological polar surface area (TPSA) is 114 Å². The van der Waals surface area contributed by atoms with Crippen molar-refractivity contribution in [1.29, 1.82) is 0 Å². The highest BCUT2D eigenvalue weighted by molar-refractivity contribution is 9.10. The molecule has 2 unspecified atom stereocenters. The first-order chi connectivity index (χ1) is 45.2. The number of rotatable bonds is 12. The lowest BCUT2D eigenvalue weighted by Gasteiger charge is -2.30. The molecule has 11 aromatic rings. The molecule has 95 heavy (non-hydrogen) atoms. The first kappa shape index (κ1) is 68.7. The molecule has 0 bridgehead atoms. The molecule has 0 amide bonds. The van der Waals surface area contributed by atoms with Crippen LogP contribution in [0.4, 0.5) is 45.5 Å². The summed E-state index contributed by atoms with van der Waals surface area (Å²) in [6.07, 6.45) is 4.68. The van der Waals surface area contributed by atoms with E-state index >= 15 is 0 Å². The van der Waals surface area contributed by atoms with Crippen molar-refractivity contribution < 1.29 is 0 Å². The highest BCUT2D eigenvalue weighted by atomic mass is 79.9. The molecular formula is C88H97BrN6.